The highest BCUT2D eigenvalue weighted by Gasteiger charge is 2.36. The van der Waals surface area contributed by atoms with Crippen LogP contribution in [0.5, 0.6) is 11.5 Å². The Balaban J connectivity index is 1.67. The molecule has 0 spiro atoms. The second-order valence-corrected chi connectivity index (χ2v) is 11.8. The molecular formula is C27H29F3N4O5S. The van der Waals surface area contributed by atoms with E-state index >= 15 is 0 Å². The van der Waals surface area contributed by atoms with E-state index in [9.17, 15) is 26.4 Å². The van der Waals surface area contributed by atoms with Gasteiger partial charge in [-0.3, -0.25) is 4.79 Å². The minimum atomic E-state index is -4.75. The maximum Gasteiger partial charge on any atom is 0.418 e. The topological polar surface area (TPSA) is 103 Å². The van der Waals surface area contributed by atoms with Crippen LogP contribution in [0.2, 0.25) is 0 Å². The van der Waals surface area contributed by atoms with E-state index in [1.54, 1.807) is 23.1 Å². The third-order valence-corrected chi connectivity index (χ3v) is 7.99. The monoisotopic (exact) mass is 578 g/mol. The molecule has 0 unspecified atom stereocenters. The zero-order valence-electron chi connectivity index (χ0n) is 22.2. The Labute approximate surface area is 229 Å². The predicted octanol–water partition coefficient (Wildman–Crippen LogP) is 3.55. The van der Waals surface area contributed by atoms with Crippen LogP contribution in [0.4, 0.5) is 18.9 Å². The van der Waals surface area contributed by atoms with Crippen molar-refractivity contribution in [2.75, 3.05) is 38.5 Å². The Bertz CT molecular complexity index is 1600. The van der Waals surface area contributed by atoms with Crippen LogP contribution in [-0.4, -0.2) is 57.8 Å². The summed E-state index contributed by atoms with van der Waals surface area (Å²) in [6.07, 6.45) is -1.52. The average molecular weight is 579 g/mol. The number of alkyl halides is 3. The average Bonchev–Trinajstić information content (AvgIpc) is 3.57. The minimum absolute atomic E-state index is 0.277. The summed E-state index contributed by atoms with van der Waals surface area (Å²) < 4.78 is 80.2. The molecule has 13 heteroatoms. The lowest BCUT2D eigenvalue weighted by Crippen LogP contribution is -2.36. The number of halogens is 3. The molecule has 2 aliphatic rings. The van der Waals surface area contributed by atoms with Gasteiger partial charge in [-0.1, -0.05) is 0 Å². The first-order valence-electron chi connectivity index (χ1n) is 12.7. The van der Waals surface area contributed by atoms with E-state index in [4.69, 9.17) is 9.47 Å². The Kier molecular flexibility index (Phi) is 7.29. The second-order valence-electron chi connectivity index (χ2n) is 10.00. The Morgan fingerprint density at radius 2 is 1.70 bits per heavy atom. The van der Waals surface area contributed by atoms with Gasteiger partial charge in [-0.25, -0.2) is 13.1 Å². The largest absolute Gasteiger partial charge is 0.497 e. The molecule has 0 radical (unpaired) electrons. The van der Waals surface area contributed by atoms with Gasteiger partial charge in [0.05, 0.1) is 37.4 Å². The molecule has 0 saturated carbocycles. The number of hydrogen-bond acceptors (Lipinski definition) is 7. The Morgan fingerprint density at radius 1 is 1.02 bits per heavy atom. The zero-order chi connectivity index (χ0) is 28.8. The van der Waals surface area contributed by atoms with Crippen molar-refractivity contribution in [2.24, 2.45) is 0 Å². The highest BCUT2D eigenvalue weighted by Crippen LogP contribution is 2.38. The zero-order valence-corrected chi connectivity index (χ0v) is 23.0. The van der Waals surface area contributed by atoms with Crippen LogP contribution in [-0.2, 0) is 29.0 Å². The van der Waals surface area contributed by atoms with E-state index in [-0.39, 0.29) is 18.3 Å². The van der Waals surface area contributed by atoms with Gasteiger partial charge in [-0.15, -0.1) is 0 Å². The summed E-state index contributed by atoms with van der Waals surface area (Å²) in [5, 5.41) is 4.52. The third kappa shape index (κ3) is 5.52. The molecule has 1 aromatic heterocycles. The summed E-state index contributed by atoms with van der Waals surface area (Å²) >= 11 is 0. The van der Waals surface area contributed by atoms with E-state index in [2.05, 4.69) is 9.82 Å². The normalized spacial score (nSPS) is 17.2. The SMILES string of the molecule is COc1cc(OC)cc(-c2nn(-c3cc(N4CC[C@@H](NS(C)(=O)=O)C4)ccc3C(F)(F)F)c(=O)c3c2CCC3)c1. The van der Waals surface area contributed by atoms with Crippen molar-refractivity contribution < 1.29 is 31.1 Å². The molecule has 1 fully saturated rings. The lowest BCUT2D eigenvalue weighted by atomic mass is 10.0. The van der Waals surface area contributed by atoms with E-state index in [0.29, 0.717) is 71.8 Å². The smallest absolute Gasteiger partial charge is 0.418 e. The number of fused-ring (bicyclic) bond motifs is 1. The number of benzene rings is 2. The van der Waals surface area contributed by atoms with Crippen LogP contribution in [0.15, 0.2) is 41.2 Å². The summed E-state index contributed by atoms with van der Waals surface area (Å²) in [4.78, 5) is 15.4. The fourth-order valence-electron chi connectivity index (χ4n) is 5.44. The molecule has 0 bridgehead atoms. The van der Waals surface area contributed by atoms with Crippen LogP contribution in [0.25, 0.3) is 16.9 Å². The molecule has 1 aliphatic carbocycles. The van der Waals surface area contributed by atoms with E-state index in [1.807, 2.05) is 0 Å². The standard InChI is InChI=1S/C27H29F3N4O5S/c1-38-19-11-16(12-20(14-19)39-2)25-21-5-4-6-22(21)26(35)34(31-25)24-13-18(7-8-23(24)27(28,29)30)33-10-9-17(15-33)32-40(3,36)37/h7-8,11-14,17,32H,4-6,9-10,15H2,1-3H3/t17-/m1/s1. The molecule has 1 aliphatic heterocycles. The molecular weight excluding hydrogens is 549 g/mol. The highest BCUT2D eigenvalue weighted by atomic mass is 32.2. The van der Waals surface area contributed by atoms with Crippen molar-refractivity contribution in [3.8, 4) is 28.4 Å². The van der Waals surface area contributed by atoms with Gasteiger partial charge in [0.2, 0.25) is 10.0 Å². The van der Waals surface area contributed by atoms with Crippen molar-refractivity contribution >= 4 is 15.7 Å². The van der Waals surface area contributed by atoms with Gasteiger partial charge in [0.15, 0.2) is 0 Å². The van der Waals surface area contributed by atoms with Crippen molar-refractivity contribution in [1.82, 2.24) is 14.5 Å². The van der Waals surface area contributed by atoms with Gasteiger partial charge < -0.3 is 14.4 Å². The van der Waals surface area contributed by atoms with Gasteiger partial charge >= 0.3 is 6.18 Å². The molecule has 3 aromatic rings. The number of nitrogens with one attached hydrogen (secondary N) is 1. The molecule has 1 atom stereocenters. The predicted molar refractivity (Wildman–Crippen MR) is 144 cm³/mol. The van der Waals surface area contributed by atoms with Crippen LogP contribution in [0.3, 0.4) is 0 Å². The van der Waals surface area contributed by atoms with Crippen molar-refractivity contribution in [3.63, 3.8) is 0 Å². The summed E-state index contributed by atoms with van der Waals surface area (Å²) in [5.41, 5.74) is 0.539. The molecule has 5 rings (SSSR count). The number of hydrogen-bond donors (Lipinski definition) is 1. The number of methoxy groups -OCH3 is 2. The van der Waals surface area contributed by atoms with Gasteiger partial charge in [0.25, 0.3) is 5.56 Å². The number of aromatic nitrogens is 2. The fraction of sp³-hybridized carbons (Fsp3) is 0.407. The van der Waals surface area contributed by atoms with Gasteiger partial charge in [-0.2, -0.15) is 23.0 Å². The van der Waals surface area contributed by atoms with Crippen LogP contribution in [0, 0.1) is 0 Å². The summed E-state index contributed by atoms with van der Waals surface area (Å²) in [5.74, 6) is 0.954. The van der Waals surface area contributed by atoms with Gasteiger partial charge in [0.1, 0.15) is 11.5 Å². The van der Waals surface area contributed by atoms with Crippen LogP contribution in [0.1, 0.15) is 29.5 Å². The second kappa shape index (κ2) is 10.4. The van der Waals surface area contributed by atoms with Crippen LogP contribution < -0.4 is 24.7 Å². The van der Waals surface area contributed by atoms with Crippen molar-refractivity contribution in [1.29, 1.82) is 0 Å². The first-order chi connectivity index (χ1) is 18.9. The molecule has 2 heterocycles. The summed E-state index contributed by atoms with van der Waals surface area (Å²) in [6, 6.07) is 8.29. The van der Waals surface area contributed by atoms with E-state index in [1.165, 1.54) is 26.4 Å². The number of sulfonamides is 1. The van der Waals surface area contributed by atoms with E-state index in [0.717, 1.165) is 17.0 Å². The number of rotatable bonds is 7. The first kappa shape index (κ1) is 28.0. The minimum Gasteiger partial charge on any atom is -0.497 e. The first-order valence-corrected chi connectivity index (χ1v) is 14.6. The fourth-order valence-corrected chi connectivity index (χ4v) is 6.24. The molecule has 214 valence electrons. The van der Waals surface area contributed by atoms with Crippen molar-refractivity contribution in [2.45, 2.75) is 37.9 Å². The Morgan fingerprint density at radius 3 is 2.33 bits per heavy atom. The summed E-state index contributed by atoms with van der Waals surface area (Å²) in [7, 11) is -0.456. The number of ether oxygens (including phenoxy) is 2. The molecule has 40 heavy (non-hydrogen) atoms. The lowest BCUT2D eigenvalue weighted by Gasteiger charge is -2.22. The van der Waals surface area contributed by atoms with E-state index < -0.39 is 27.3 Å². The quantitative estimate of drug-likeness (QED) is 0.458. The van der Waals surface area contributed by atoms with Gasteiger partial charge in [-0.05, 0) is 61.6 Å². The van der Waals surface area contributed by atoms with Gasteiger partial charge in [0, 0.05) is 42.0 Å². The molecule has 2 aromatic carbocycles. The molecule has 1 saturated heterocycles. The maximum absolute atomic E-state index is 14.3. The lowest BCUT2D eigenvalue weighted by molar-refractivity contribution is -0.137. The summed E-state index contributed by atoms with van der Waals surface area (Å²) in [6.45, 7) is 0.707. The number of nitrogens with zero attached hydrogens (tertiary/aromatic N) is 3. The molecule has 9 nitrogen and oxygen atoms in total. The maximum atomic E-state index is 14.3. The highest BCUT2D eigenvalue weighted by molar-refractivity contribution is 7.88. The third-order valence-electron chi connectivity index (χ3n) is 7.23. The van der Waals surface area contributed by atoms with Crippen LogP contribution >= 0.6 is 0 Å². The molecule has 0 amide bonds. The Hall–Kier alpha value is -3.58. The molecule has 1 N–H and O–H groups in total. The van der Waals surface area contributed by atoms with Crippen molar-refractivity contribution in [3.05, 3.63) is 63.4 Å². The number of anilines is 1.